The van der Waals surface area contributed by atoms with Gasteiger partial charge in [0, 0.05) is 15.5 Å². The van der Waals surface area contributed by atoms with Gasteiger partial charge in [-0.1, -0.05) is 17.7 Å². The van der Waals surface area contributed by atoms with Crippen LogP contribution in [0.4, 0.5) is 0 Å². The minimum Gasteiger partial charge on any atom is -0.255 e. The van der Waals surface area contributed by atoms with Gasteiger partial charge in [-0.2, -0.15) is 0 Å². The fourth-order valence-electron chi connectivity index (χ4n) is 1.12. The normalized spacial score (nSPS) is 11.9. The van der Waals surface area contributed by atoms with Gasteiger partial charge in [0.2, 0.25) is 0 Å². The number of nitrogens with one attached hydrogen (secondary N) is 1. The molecule has 0 atom stereocenters. The number of aryl methyl sites for hydroxylation is 1. The third-order valence-corrected chi connectivity index (χ3v) is 3.96. The fraction of sp³-hybridized carbons (Fsp3) is 0.500. The Morgan fingerprint density at radius 2 is 1.80 bits per heavy atom. The van der Waals surface area contributed by atoms with Crippen LogP contribution in [-0.2, 0) is 0 Å². The standard InChI is InChI=1S/C12H18ClNS/c1-8-6-7-10(9(2)11(8)13)15-14-12(3,4)5/h6-7,14H,1-5H3. The zero-order chi connectivity index (χ0) is 11.6. The summed E-state index contributed by atoms with van der Waals surface area (Å²) in [6, 6.07) is 4.17. The molecule has 0 bridgehead atoms. The molecule has 0 spiro atoms. The van der Waals surface area contributed by atoms with E-state index in [9.17, 15) is 0 Å². The van der Waals surface area contributed by atoms with Crippen molar-refractivity contribution in [2.45, 2.75) is 45.1 Å². The molecule has 1 aromatic rings. The molecule has 0 saturated heterocycles. The van der Waals surface area contributed by atoms with Crippen LogP contribution in [0.25, 0.3) is 0 Å². The van der Waals surface area contributed by atoms with E-state index in [-0.39, 0.29) is 5.54 Å². The Bertz CT molecular complexity index is 355. The number of rotatable bonds is 2. The summed E-state index contributed by atoms with van der Waals surface area (Å²) in [4.78, 5) is 1.19. The van der Waals surface area contributed by atoms with Gasteiger partial charge in [0.05, 0.1) is 0 Å². The molecule has 15 heavy (non-hydrogen) atoms. The first-order valence-electron chi connectivity index (χ1n) is 5.01. The van der Waals surface area contributed by atoms with E-state index in [4.69, 9.17) is 11.6 Å². The second-order valence-electron chi connectivity index (χ2n) is 4.77. The molecule has 0 aromatic heterocycles. The SMILES string of the molecule is Cc1ccc(SNC(C)(C)C)c(C)c1Cl. The Morgan fingerprint density at radius 1 is 1.20 bits per heavy atom. The van der Waals surface area contributed by atoms with Gasteiger partial charge in [0.15, 0.2) is 0 Å². The summed E-state index contributed by atoms with van der Waals surface area (Å²) < 4.78 is 3.38. The Kier molecular flexibility index (Phi) is 4.10. The molecule has 0 amide bonds. The first-order valence-corrected chi connectivity index (χ1v) is 6.20. The van der Waals surface area contributed by atoms with Crippen molar-refractivity contribution in [1.82, 2.24) is 4.72 Å². The van der Waals surface area contributed by atoms with Gasteiger partial charge in [-0.25, -0.2) is 0 Å². The molecule has 0 aliphatic heterocycles. The minimum absolute atomic E-state index is 0.106. The molecule has 1 rings (SSSR count). The van der Waals surface area contributed by atoms with Crippen LogP contribution in [0.1, 0.15) is 31.9 Å². The smallest absolute Gasteiger partial charge is 0.0475 e. The first-order chi connectivity index (χ1) is 6.81. The lowest BCUT2D eigenvalue weighted by Crippen LogP contribution is -2.29. The van der Waals surface area contributed by atoms with Crippen molar-refractivity contribution in [2.75, 3.05) is 0 Å². The van der Waals surface area contributed by atoms with Crippen molar-refractivity contribution in [3.63, 3.8) is 0 Å². The van der Waals surface area contributed by atoms with E-state index in [2.05, 4.69) is 44.5 Å². The summed E-state index contributed by atoms with van der Waals surface area (Å²) in [6.07, 6.45) is 0. The van der Waals surface area contributed by atoms with Crippen LogP contribution in [0, 0.1) is 13.8 Å². The van der Waals surface area contributed by atoms with Crippen molar-refractivity contribution < 1.29 is 0 Å². The maximum absolute atomic E-state index is 6.19. The van der Waals surface area contributed by atoms with Crippen molar-refractivity contribution in [1.29, 1.82) is 0 Å². The van der Waals surface area contributed by atoms with E-state index in [0.29, 0.717) is 0 Å². The van der Waals surface area contributed by atoms with Crippen LogP contribution < -0.4 is 4.72 Å². The van der Waals surface area contributed by atoms with Gasteiger partial charge in [-0.05, 0) is 63.8 Å². The van der Waals surface area contributed by atoms with Crippen molar-refractivity contribution in [2.24, 2.45) is 0 Å². The first kappa shape index (κ1) is 12.9. The quantitative estimate of drug-likeness (QED) is 0.775. The zero-order valence-corrected chi connectivity index (χ0v) is 11.5. The van der Waals surface area contributed by atoms with Gasteiger partial charge in [0.25, 0.3) is 0 Å². The van der Waals surface area contributed by atoms with Gasteiger partial charge in [-0.3, -0.25) is 4.72 Å². The fourth-order valence-corrected chi connectivity index (χ4v) is 2.15. The lowest BCUT2D eigenvalue weighted by atomic mass is 10.1. The van der Waals surface area contributed by atoms with Gasteiger partial charge in [-0.15, -0.1) is 0 Å². The van der Waals surface area contributed by atoms with Crippen LogP contribution >= 0.6 is 23.5 Å². The van der Waals surface area contributed by atoms with E-state index in [1.165, 1.54) is 4.90 Å². The van der Waals surface area contributed by atoms with Crippen LogP contribution in [0.3, 0.4) is 0 Å². The highest BCUT2D eigenvalue weighted by Gasteiger charge is 2.11. The Morgan fingerprint density at radius 3 is 2.33 bits per heavy atom. The summed E-state index contributed by atoms with van der Waals surface area (Å²) in [5.74, 6) is 0. The van der Waals surface area contributed by atoms with E-state index in [1.807, 2.05) is 6.92 Å². The van der Waals surface area contributed by atoms with E-state index in [0.717, 1.165) is 16.1 Å². The average molecular weight is 244 g/mol. The predicted molar refractivity (Wildman–Crippen MR) is 69.7 cm³/mol. The lowest BCUT2D eigenvalue weighted by Gasteiger charge is -2.20. The highest BCUT2D eigenvalue weighted by Crippen LogP contribution is 2.29. The van der Waals surface area contributed by atoms with Crippen LogP contribution in [-0.4, -0.2) is 5.54 Å². The third kappa shape index (κ3) is 3.71. The Balaban J connectivity index is 2.83. The molecule has 84 valence electrons. The van der Waals surface area contributed by atoms with Crippen molar-refractivity contribution in [3.8, 4) is 0 Å². The van der Waals surface area contributed by atoms with E-state index in [1.54, 1.807) is 11.9 Å². The molecule has 0 fully saturated rings. The molecular weight excluding hydrogens is 226 g/mol. The topological polar surface area (TPSA) is 12.0 Å². The maximum atomic E-state index is 6.19. The second-order valence-corrected chi connectivity index (χ2v) is 6.00. The number of hydrogen-bond donors (Lipinski definition) is 1. The van der Waals surface area contributed by atoms with E-state index < -0.39 is 0 Å². The molecule has 0 aliphatic rings. The minimum atomic E-state index is 0.106. The number of benzene rings is 1. The summed E-state index contributed by atoms with van der Waals surface area (Å²) in [5, 5.41) is 0.871. The molecule has 3 heteroatoms. The molecule has 1 nitrogen and oxygen atoms in total. The summed E-state index contributed by atoms with van der Waals surface area (Å²) in [7, 11) is 0. The average Bonchev–Trinajstić information content (AvgIpc) is 2.12. The number of halogens is 1. The largest absolute Gasteiger partial charge is 0.255 e. The highest BCUT2D eigenvalue weighted by atomic mass is 35.5. The van der Waals surface area contributed by atoms with Gasteiger partial charge in [0.1, 0.15) is 0 Å². The summed E-state index contributed by atoms with van der Waals surface area (Å²) in [6.45, 7) is 10.5. The van der Waals surface area contributed by atoms with Gasteiger partial charge < -0.3 is 0 Å². The zero-order valence-electron chi connectivity index (χ0n) is 9.94. The number of hydrogen-bond acceptors (Lipinski definition) is 2. The Hall–Kier alpha value is -0.180. The molecule has 0 radical (unpaired) electrons. The van der Waals surface area contributed by atoms with Crippen LogP contribution in [0.5, 0.6) is 0 Å². The van der Waals surface area contributed by atoms with E-state index >= 15 is 0 Å². The predicted octanol–water partition coefficient (Wildman–Crippen LogP) is 4.35. The molecular formula is C12H18ClNS. The maximum Gasteiger partial charge on any atom is 0.0475 e. The monoisotopic (exact) mass is 243 g/mol. The third-order valence-electron chi connectivity index (χ3n) is 2.00. The molecule has 0 aliphatic carbocycles. The molecule has 1 aromatic carbocycles. The van der Waals surface area contributed by atoms with Crippen LogP contribution in [0.2, 0.25) is 5.02 Å². The highest BCUT2D eigenvalue weighted by molar-refractivity contribution is 7.97. The molecule has 0 unspecified atom stereocenters. The molecule has 0 heterocycles. The lowest BCUT2D eigenvalue weighted by molar-refractivity contribution is 0.535. The Labute approximate surface area is 102 Å². The van der Waals surface area contributed by atoms with Gasteiger partial charge >= 0.3 is 0 Å². The van der Waals surface area contributed by atoms with Crippen molar-refractivity contribution in [3.05, 3.63) is 28.3 Å². The van der Waals surface area contributed by atoms with Crippen LogP contribution in [0.15, 0.2) is 17.0 Å². The second kappa shape index (κ2) is 4.77. The van der Waals surface area contributed by atoms with Crippen molar-refractivity contribution >= 4 is 23.5 Å². The summed E-state index contributed by atoms with van der Waals surface area (Å²) in [5.41, 5.74) is 2.39. The molecule has 0 saturated carbocycles. The molecule has 1 N–H and O–H groups in total. The summed E-state index contributed by atoms with van der Waals surface area (Å²) >= 11 is 7.83.